The molecule has 11 heteroatoms. The van der Waals surface area contributed by atoms with E-state index in [-0.39, 0.29) is 6.61 Å². The van der Waals surface area contributed by atoms with E-state index in [1.807, 2.05) is 17.5 Å². The molecule has 0 spiro atoms. The highest BCUT2D eigenvalue weighted by molar-refractivity contribution is 7.99. The Morgan fingerprint density at radius 1 is 1.31 bits per heavy atom. The summed E-state index contributed by atoms with van der Waals surface area (Å²) in [6.45, 7) is 2.29. The summed E-state index contributed by atoms with van der Waals surface area (Å²) in [5.74, 6) is 4.58. The molecule has 1 aromatic carbocycles. The average molecular weight is 471 g/mol. The van der Waals surface area contributed by atoms with Crippen LogP contribution in [0.2, 0.25) is 0 Å². The van der Waals surface area contributed by atoms with Crippen LogP contribution in [0.4, 0.5) is 22.2 Å². The molecule has 0 bridgehead atoms. The van der Waals surface area contributed by atoms with Gasteiger partial charge >= 0.3 is 6.09 Å². The summed E-state index contributed by atoms with van der Waals surface area (Å²) in [5.41, 5.74) is 1.51. The summed E-state index contributed by atoms with van der Waals surface area (Å²) in [5, 5.41) is 17.1. The van der Waals surface area contributed by atoms with Crippen LogP contribution < -0.4 is 15.4 Å². The van der Waals surface area contributed by atoms with E-state index in [1.165, 1.54) is 0 Å². The molecule has 3 rings (SSSR count). The van der Waals surface area contributed by atoms with Gasteiger partial charge in [0.25, 0.3) is 0 Å². The number of thiophene rings is 1. The minimum absolute atomic E-state index is 0.169. The largest absolute Gasteiger partial charge is 0.449 e. The van der Waals surface area contributed by atoms with Crippen LogP contribution in [-0.4, -0.2) is 39.3 Å². The average Bonchev–Trinajstić information content (AvgIpc) is 3.29. The number of benzene rings is 1. The molecule has 1 amide bonds. The van der Waals surface area contributed by atoms with E-state index in [1.54, 1.807) is 48.7 Å². The van der Waals surface area contributed by atoms with Crippen molar-refractivity contribution in [1.29, 1.82) is 5.26 Å². The molecule has 0 aliphatic carbocycles. The number of ether oxygens (including phenoxy) is 1. The van der Waals surface area contributed by atoms with Gasteiger partial charge in [-0.15, -0.1) is 11.3 Å². The molecular formula is C21H22N6O3S2. The first kappa shape index (κ1) is 23.1. The van der Waals surface area contributed by atoms with Crippen molar-refractivity contribution in [1.82, 2.24) is 14.7 Å². The second kappa shape index (κ2) is 10.6. The highest BCUT2D eigenvalue weighted by Crippen LogP contribution is 2.31. The van der Waals surface area contributed by atoms with Crippen LogP contribution >= 0.6 is 11.3 Å². The zero-order chi connectivity index (χ0) is 23.0. The number of carbonyl (C=O) groups is 1. The van der Waals surface area contributed by atoms with Gasteiger partial charge in [0, 0.05) is 28.2 Å². The molecule has 2 aromatic heterocycles. The smallest absolute Gasteiger partial charge is 0.418 e. The lowest BCUT2D eigenvalue weighted by atomic mass is 10.2. The Morgan fingerprint density at radius 3 is 2.75 bits per heavy atom. The van der Waals surface area contributed by atoms with E-state index in [0.717, 1.165) is 10.4 Å². The van der Waals surface area contributed by atoms with Gasteiger partial charge in [-0.1, -0.05) is 6.07 Å². The molecule has 1 unspecified atom stereocenters. The van der Waals surface area contributed by atoms with Gasteiger partial charge in [-0.3, -0.25) is 0 Å². The minimum atomic E-state index is -3.04. The molecule has 0 saturated carbocycles. The molecule has 0 aliphatic rings. The van der Waals surface area contributed by atoms with Crippen LogP contribution in [-0.2, 0) is 14.4 Å². The van der Waals surface area contributed by atoms with Crippen molar-refractivity contribution in [2.75, 3.05) is 23.8 Å². The van der Waals surface area contributed by atoms with Crippen molar-refractivity contribution in [2.24, 2.45) is 0 Å². The fourth-order valence-electron chi connectivity index (χ4n) is 2.67. The van der Waals surface area contributed by atoms with Crippen LogP contribution in [0.5, 0.6) is 0 Å². The van der Waals surface area contributed by atoms with Crippen molar-refractivity contribution >= 4 is 50.5 Å². The number of carbonyl (C=O) groups excluding carboxylic acids is 1. The third kappa shape index (κ3) is 5.96. The van der Waals surface area contributed by atoms with Crippen molar-refractivity contribution in [2.45, 2.75) is 18.2 Å². The Bertz CT molecular complexity index is 1200. The van der Waals surface area contributed by atoms with Crippen LogP contribution in [0.25, 0.3) is 10.4 Å². The number of rotatable bonds is 9. The monoisotopic (exact) mass is 470 g/mol. The van der Waals surface area contributed by atoms with Gasteiger partial charge in [-0.2, -0.15) is 10.2 Å². The second-order valence-electron chi connectivity index (χ2n) is 6.42. The Morgan fingerprint density at radius 2 is 2.09 bits per heavy atom. The highest BCUT2D eigenvalue weighted by Gasteiger charge is 2.13. The highest BCUT2D eigenvalue weighted by atomic mass is 32.2. The van der Waals surface area contributed by atoms with Crippen LogP contribution in [0.3, 0.4) is 0 Å². The van der Waals surface area contributed by atoms with Crippen molar-refractivity contribution < 1.29 is 13.7 Å². The fraction of sp³-hybridized carbons (Fsp3) is 0.190. The fourth-order valence-corrected chi connectivity index (χ4v) is 4.43. The maximum atomic E-state index is 12.7. The number of nitriles is 1. The second-order valence-corrected chi connectivity index (χ2v) is 9.39. The molecule has 0 saturated heterocycles. The summed E-state index contributed by atoms with van der Waals surface area (Å²) in [4.78, 5) is 21.9. The van der Waals surface area contributed by atoms with E-state index in [0.29, 0.717) is 35.3 Å². The zero-order valence-corrected chi connectivity index (χ0v) is 19.0. The van der Waals surface area contributed by atoms with Crippen molar-refractivity contribution in [3.05, 3.63) is 48.0 Å². The predicted molar refractivity (Wildman–Crippen MR) is 127 cm³/mol. The first-order valence-corrected chi connectivity index (χ1v) is 12.2. The SMILES string of the molecule is C=S(=O)(NC(=O)OCC)c1ccc(Nc2ncc(-c3cccs3)c(NCCC#N)n2)cc1. The molecule has 1 atom stereocenters. The molecule has 9 nitrogen and oxygen atoms in total. The number of hydrogen-bond donors (Lipinski definition) is 3. The van der Waals surface area contributed by atoms with Crippen molar-refractivity contribution in [3.63, 3.8) is 0 Å². The summed E-state index contributed by atoms with van der Waals surface area (Å²) in [7, 11) is -3.04. The number of hydrogen-bond acceptors (Lipinski definition) is 9. The predicted octanol–water partition coefficient (Wildman–Crippen LogP) is 4.01. The van der Waals surface area contributed by atoms with E-state index in [9.17, 15) is 9.00 Å². The third-order valence-electron chi connectivity index (χ3n) is 4.12. The quantitative estimate of drug-likeness (QED) is 0.316. The summed E-state index contributed by atoms with van der Waals surface area (Å²) < 4.78 is 19.7. The normalized spacial score (nSPS) is 12.2. The molecule has 0 fully saturated rings. The van der Waals surface area contributed by atoms with Gasteiger partial charge in [-0.25, -0.2) is 18.7 Å². The molecule has 2 heterocycles. The first-order valence-electron chi connectivity index (χ1n) is 9.63. The Hall–Kier alpha value is -3.62. The minimum Gasteiger partial charge on any atom is -0.449 e. The molecule has 0 radical (unpaired) electrons. The van der Waals surface area contributed by atoms with E-state index < -0.39 is 15.8 Å². The molecule has 3 N–H and O–H groups in total. The van der Waals surface area contributed by atoms with Gasteiger partial charge < -0.3 is 15.4 Å². The van der Waals surface area contributed by atoms with Crippen LogP contribution in [0.15, 0.2) is 52.9 Å². The molecular weight excluding hydrogens is 448 g/mol. The lowest BCUT2D eigenvalue weighted by Gasteiger charge is -2.13. The van der Waals surface area contributed by atoms with Crippen LogP contribution in [0.1, 0.15) is 13.3 Å². The van der Waals surface area contributed by atoms with Gasteiger partial charge in [0.05, 0.1) is 34.4 Å². The Labute approximate surface area is 190 Å². The molecule has 166 valence electrons. The molecule has 0 aliphatic heterocycles. The summed E-state index contributed by atoms with van der Waals surface area (Å²) in [6, 6.07) is 12.6. The molecule has 32 heavy (non-hydrogen) atoms. The summed E-state index contributed by atoms with van der Waals surface area (Å²) >= 11 is 1.57. The maximum Gasteiger partial charge on any atom is 0.418 e. The Balaban J connectivity index is 1.77. The molecule has 3 aromatic rings. The number of nitrogens with one attached hydrogen (secondary N) is 3. The number of nitrogens with zero attached hydrogens (tertiary/aromatic N) is 3. The zero-order valence-electron chi connectivity index (χ0n) is 17.3. The summed E-state index contributed by atoms with van der Waals surface area (Å²) in [6.07, 6.45) is 1.28. The van der Waals surface area contributed by atoms with Gasteiger partial charge in [0.1, 0.15) is 5.82 Å². The van der Waals surface area contributed by atoms with E-state index in [2.05, 4.69) is 37.3 Å². The maximum absolute atomic E-state index is 12.7. The first-order chi connectivity index (χ1) is 15.4. The van der Waals surface area contributed by atoms with Crippen LogP contribution in [0, 0.1) is 11.3 Å². The lowest BCUT2D eigenvalue weighted by Crippen LogP contribution is -2.30. The lowest BCUT2D eigenvalue weighted by molar-refractivity contribution is 0.159. The Kier molecular flexibility index (Phi) is 7.64. The third-order valence-corrected chi connectivity index (χ3v) is 6.55. The van der Waals surface area contributed by atoms with E-state index >= 15 is 0 Å². The van der Waals surface area contributed by atoms with E-state index in [4.69, 9.17) is 10.00 Å². The number of amides is 1. The van der Waals surface area contributed by atoms with Gasteiger partial charge in [-0.05, 0) is 48.5 Å². The van der Waals surface area contributed by atoms with Gasteiger partial charge in [0.15, 0.2) is 0 Å². The van der Waals surface area contributed by atoms with Crippen molar-refractivity contribution in [3.8, 4) is 16.5 Å². The standard InChI is InChI=1S/C21H22N6O3S2/c1-3-30-21(28)27-32(2,29)16-9-7-15(8-10-16)25-20-24-14-17(18-6-4-13-31-18)19(26-20)23-12-5-11-22/h4,6-10,13-14H,2-3,5,12H2,1H3,(H,27,28,29)(H2,23,24,25,26). The number of anilines is 3. The van der Waals surface area contributed by atoms with Gasteiger partial charge in [0.2, 0.25) is 5.95 Å². The number of aromatic nitrogens is 2. The topological polar surface area (TPSA) is 129 Å².